The minimum atomic E-state index is -0.793. The molecule has 0 saturated heterocycles. The van der Waals surface area contributed by atoms with Gasteiger partial charge in [-0.25, -0.2) is 0 Å². The molecule has 4 nitrogen and oxygen atoms in total. The minimum Gasteiger partial charge on any atom is -0.385 e. The molecule has 106 valence electrons. The van der Waals surface area contributed by atoms with Crippen molar-refractivity contribution in [3.63, 3.8) is 0 Å². The standard InChI is InChI=1S/C14H22N2O2S/c1-4-15-13-7-6-12(10-11(13)2)14(17)16-8-5-9-19(3)18/h6-7,10,15H,4-5,8-9H2,1-3H3,(H,16,17). The highest BCUT2D eigenvalue weighted by atomic mass is 32.2. The summed E-state index contributed by atoms with van der Waals surface area (Å²) in [5.74, 6) is 0.548. The molecule has 0 radical (unpaired) electrons. The summed E-state index contributed by atoms with van der Waals surface area (Å²) in [6, 6.07) is 5.62. The Morgan fingerprint density at radius 2 is 2.11 bits per heavy atom. The Labute approximate surface area is 117 Å². The Hall–Kier alpha value is -1.36. The van der Waals surface area contributed by atoms with E-state index in [9.17, 15) is 9.00 Å². The first kappa shape index (κ1) is 15.7. The second-order valence-corrected chi connectivity index (χ2v) is 6.00. The molecule has 1 unspecified atom stereocenters. The van der Waals surface area contributed by atoms with Crippen molar-refractivity contribution in [2.75, 3.05) is 30.4 Å². The molecule has 0 saturated carbocycles. The van der Waals surface area contributed by atoms with Gasteiger partial charge < -0.3 is 10.6 Å². The third kappa shape index (κ3) is 5.42. The summed E-state index contributed by atoms with van der Waals surface area (Å²) in [6.45, 7) is 5.44. The van der Waals surface area contributed by atoms with E-state index in [2.05, 4.69) is 10.6 Å². The van der Waals surface area contributed by atoms with E-state index in [1.807, 2.05) is 32.0 Å². The van der Waals surface area contributed by atoms with Crippen LogP contribution in [0.5, 0.6) is 0 Å². The largest absolute Gasteiger partial charge is 0.385 e. The van der Waals surface area contributed by atoms with Gasteiger partial charge >= 0.3 is 0 Å². The first-order valence-corrected chi connectivity index (χ1v) is 8.20. The Morgan fingerprint density at radius 1 is 1.37 bits per heavy atom. The topological polar surface area (TPSA) is 58.2 Å². The molecule has 1 amide bonds. The summed E-state index contributed by atoms with van der Waals surface area (Å²) in [6.07, 6.45) is 2.41. The molecule has 1 rings (SSSR count). The van der Waals surface area contributed by atoms with Gasteiger partial charge in [-0.1, -0.05) is 0 Å². The number of carbonyl (C=O) groups excluding carboxylic acids is 1. The second-order valence-electron chi connectivity index (χ2n) is 4.45. The molecule has 1 aromatic carbocycles. The number of anilines is 1. The number of rotatable bonds is 7. The van der Waals surface area contributed by atoms with Crippen LogP contribution < -0.4 is 10.6 Å². The molecular weight excluding hydrogens is 260 g/mol. The van der Waals surface area contributed by atoms with Gasteiger partial charge in [0.15, 0.2) is 0 Å². The van der Waals surface area contributed by atoms with Gasteiger partial charge in [-0.3, -0.25) is 9.00 Å². The van der Waals surface area contributed by atoms with Crippen LogP contribution in [0.1, 0.15) is 29.3 Å². The van der Waals surface area contributed by atoms with Gasteiger partial charge in [0, 0.05) is 47.1 Å². The quantitative estimate of drug-likeness (QED) is 0.751. The number of carbonyl (C=O) groups is 1. The summed E-state index contributed by atoms with van der Waals surface area (Å²) < 4.78 is 10.9. The van der Waals surface area contributed by atoms with E-state index in [0.29, 0.717) is 17.9 Å². The number of hydrogen-bond donors (Lipinski definition) is 2. The molecule has 19 heavy (non-hydrogen) atoms. The zero-order valence-corrected chi connectivity index (χ0v) is 12.6. The molecule has 0 fully saturated rings. The Morgan fingerprint density at radius 3 is 2.68 bits per heavy atom. The first-order chi connectivity index (χ1) is 9.04. The molecular formula is C14H22N2O2S. The van der Waals surface area contributed by atoms with Crippen molar-refractivity contribution in [2.45, 2.75) is 20.3 Å². The van der Waals surface area contributed by atoms with Crippen molar-refractivity contribution < 1.29 is 9.00 Å². The van der Waals surface area contributed by atoms with Crippen LogP contribution in [-0.2, 0) is 10.8 Å². The SMILES string of the molecule is CCNc1ccc(C(=O)NCCCS(C)=O)cc1C. The highest BCUT2D eigenvalue weighted by Crippen LogP contribution is 2.16. The van der Waals surface area contributed by atoms with Crippen LogP contribution >= 0.6 is 0 Å². The van der Waals surface area contributed by atoms with Gasteiger partial charge in [-0.2, -0.15) is 0 Å². The zero-order valence-electron chi connectivity index (χ0n) is 11.8. The van der Waals surface area contributed by atoms with Crippen LogP contribution in [0, 0.1) is 6.92 Å². The lowest BCUT2D eigenvalue weighted by Gasteiger charge is -2.10. The van der Waals surface area contributed by atoms with Gasteiger partial charge in [0.1, 0.15) is 0 Å². The number of hydrogen-bond acceptors (Lipinski definition) is 3. The fraction of sp³-hybridized carbons (Fsp3) is 0.500. The second kappa shape index (κ2) is 7.94. The van der Waals surface area contributed by atoms with Crippen LogP contribution in [0.15, 0.2) is 18.2 Å². The molecule has 0 aliphatic heterocycles. The summed E-state index contributed by atoms with van der Waals surface area (Å²) in [5.41, 5.74) is 2.78. The lowest BCUT2D eigenvalue weighted by molar-refractivity contribution is 0.0953. The maximum atomic E-state index is 11.9. The molecule has 5 heteroatoms. The fourth-order valence-corrected chi connectivity index (χ4v) is 2.32. The zero-order chi connectivity index (χ0) is 14.3. The van der Waals surface area contributed by atoms with Crippen LogP contribution in [-0.4, -0.2) is 35.2 Å². The van der Waals surface area contributed by atoms with Gasteiger partial charge in [0.05, 0.1) is 0 Å². The van der Waals surface area contributed by atoms with Crippen LogP contribution in [0.2, 0.25) is 0 Å². The monoisotopic (exact) mass is 282 g/mol. The minimum absolute atomic E-state index is 0.0759. The van der Waals surface area contributed by atoms with E-state index in [1.165, 1.54) is 0 Å². The Kier molecular flexibility index (Phi) is 6.56. The highest BCUT2D eigenvalue weighted by Gasteiger charge is 2.07. The van der Waals surface area contributed by atoms with Crippen molar-refractivity contribution in [3.8, 4) is 0 Å². The molecule has 0 aliphatic carbocycles. The molecule has 0 heterocycles. The lowest BCUT2D eigenvalue weighted by atomic mass is 10.1. The average Bonchev–Trinajstić information content (AvgIpc) is 2.36. The van der Waals surface area contributed by atoms with Gasteiger partial charge in [-0.15, -0.1) is 0 Å². The average molecular weight is 282 g/mol. The van der Waals surface area contributed by atoms with Crippen LogP contribution in [0.3, 0.4) is 0 Å². The van der Waals surface area contributed by atoms with E-state index in [0.717, 1.165) is 24.2 Å². The molecule has 0 spiro atoms. The van der Waals surface area contributed by atoms with Gasteiger partial charge in [-0.05, 0) is 44.0 Å². The summed E-state index contributed by atoms with van der Waals surface area (Å²) in [5, 5.41) is 6.08. The number of nitrogens with one attached hydrogen (secondary N) is 2. The molecule has 1 aromatic rings. The Balaban J connectivity index is 2.53. The van der Waals surface area contributed by atoms with Gasteiger partial charge in [0.2, 0.25) is 0 Å². The van der Waals surface area contributed by atoms with Crippen molar-refractivity contribution >= 4 is 22.4 Å². The van der Waals surface area contributed by atoms with Crippen molar-refractivity contribution in [1.82, 2.24) is 5.32 Å². The fourth-order valence-electron chi connectivity index (χ4n) is 1.77. The van der Waals surface area contributed by atoms with E-state index < -0.39 is 10.8 Å². The lowest BCUT2D eigenvalue weighted by Crippen LogP contribution is -2.25. The highest BCUT2D eigenvalue weighted by molar-refractivity contribution is 7.84. The first-order valence-electron chi connectivity index (χ1n) is 6.47. The number of amides is 1. The van der Waals surface area contributed by atoms with Crippen molar-refractivity contribution in [2.24, 2.45) is 0 Å². The summed E-state index contributed by atoms with van der Waals surface area (Å²) >= 11 is 0. The molecule has 0 bridgehead atoms. The molecule has 0 aliphatic rings. The van der Waals surface area contributed by atoms with E-state index >= 15 is 0 Å². The molecule has 1 atom stereocenters. The van der Waals surface area contributed by atoms with E-state index in [4.69, 9.17) is 0 Å². The number of benzene rings is 1. The van der Waals surface area contributed by atoms with Crippen molar-refractivity contribution in [1.29, 1.82) is 0 Å². The normalized spacial score (nSPS) is 11.9. The van der Waals surface area contributed by atoms with E-state index in [1.54, 1.807) is 6.26 Å². The molecule has 0 aromatic heterocycles. The maximum Gasteiger partial charge on any atom is 0.251 e. The predicted octanol–water partition coefficient (Wildman–Crippen LogP) is 1.93. The van der Waals surface area contributed by atoms with Crippen LogP contribution in [0.4, 0.5) is 5.69 Å². The van der Waals surface area contributed by atoms with Crippen LogP contribution in [0.25, 0.3) is 0 Å². The summed E-state index contributed by atoms with van der Waals surface area (Å²) in [4.78, 5) is 11.9. The third-order valence-electron chi connectivity index (χ3n) is 2.75. The van der Waals surface area contributed by atoms with Gasteiger partial charge in [0.25, 0.3) is 5.91 Å². The van der Waals surface area contributed by atoms with Crippen molar-refractivity contribution in [3.05, 3.63) is 29.3 Å². The molecule has 2 N–H and O–H groups in total. The predicted molar refractivity (Wildman–Crippen MR) is 81.2 cm³/mol. The Bertz CT molecular complexity index is 461. The third-order valence-corrected chi connectivity index (χ3v) is 3.61. The van der Waals surface area contributed by atoms with E-state index in [-0.39, 0.29) is 5.91 Å². The maximum absolute atomic E-state index is 11.9. The number of aryl methyl sites for hydroxylation is 1. The summed E-state index contributed by atoms with van der Waals surface area (Å²) in [7, 11) is -0.793. The smallest absolute Gasteiger partial charge is 0.251 e.